The van der Waals surface area contributed by atoms with E-state index in [4.69, 9.17) is 0 Å². The number of hydrazone groups is 2. The van der Waals surface area contributed by atoms with E-state index in [0.717, 1.165) is 19.3 Å². The van der Waals surface area contributed by atoms with Crippen LogP contribution in [0.5, 0.6) is 0 Å². The second kappa shape index (κ2) is 14.2. The first kappa shape index (κ1) is 18.8. The third kappa shape index (κ3) is 14.0. The van der Waals surface area contributed by atoms with Crippen LogP contribution in [-0.4, -0.2) is 24.2 Å². The molecule has 0 aliphatic heterocycles. The molecule has 0 unspecified atom stereocenters. The van der Waals surface area contributed by atoms with Gasteiger partial charge in [0.05, 0.1) is 0 Å². The molecule has 0 fully saturated rings. The Morgan fingerprint density at radius 2 is 1.24 bits per heavy atom. The minimum Gasteiger partial charge on any atom is -0.273 e. The molecule has 0 saturated carbocycles. The topological polar surface area (TPSA) is 82.9 Å². The van der Waals surface area contributed by atoms with Crippen molar-refractivity contribution in [1.29, 1.82) is 0 Å². The van der Waals surface area contributed by atoms with Gasteiger partial charge in [0.25, 0.3) is 0 Å². The Morgan fingerprint density at radius 1 is 0.810 bits per heavy atom. The summed E-state index contributed by atoms with van der Waals surface area (Å²) in [5.74, 6) is -0.229. The molecule has 6 heteroatoms. The lowest BCUT2D eigenvalue weighted by Gasteiger charge is -2.01. The van der Waals surface area contributed by atoms with Crippen LogP contribution in [0.15, 0.2) is 34.5 Å². The molecule has 0 aliphatic rings. The van der Waals surface area contributed by atoms with Crippen LogP contribution in [0.2, 0.25) is 0 Å². The van der Waals surface area contributed by atoms with Crippen LogP contribution >= 0.6 is 0 Å². The van der Waals surface area contributed by atoms with Gasteiger partial charge in [0.2, 0.25) is 11.8 Å². The third-order valence-electron chi connectivity index (χ3n) is 2.39. The number of carbonyl (C=O) groups is 2. The first-order valence-corrected chi connectivity index (χ1v) is 7.07. The van der Waals surface area contributed by atoms with Crippen LogP contribution in [0.4, 0.5) is 0 Å². The number of unbranched alkanes of at least 4 members (excludes halogenated alkanes) is 2. The molecule has 0 aromatic heterocycles. The van der Waals surface area contributed by atoms with E-state index in [0.29, 0.717) is 12.8 Å². The zero-order valence-electron chi connectivity index (χ0n) is 12.7. The molecule has 0 aliphatic carbocycles. The molecular weight excluding hydrogens is 268 g/mol. The lowest BCUT2D eigenvalue weighted by Crippen LogP contribution is -2.17. The highest BCUT2D eigenvalue weighted by molar-refractivity contribution is 5.79. The van der Waals surface area contributed by atoms with Crippen LogP contribution in [0, 0.1) is 0 Å². The molecule has 0 aromatic rings. The largest absolute Gasteiger partial charge is 0.273 e. The molecule has 0 rings (SSSR count). The molecular formula is C15H24N4O2. The molecule has 21 heavy (non-hydrogen) atoms. The fourth-order valence-electron chi connectivity index (χ4n) is 1.34. The first-order chi connectivity index (χ1) is 10.2. The van der Waals surface area contributed by atoms with Crippen molar-refractivity contribution in [2.45, 2.75) is 46.0 Å². The monoisotopic (exact) mass is 292 g/mol. The Bertz CT molecular complexity index is 374. The summed E-state index contributed by atoms with van der Waals surface area (Å²) in [5, 5.41) is 7.48. The number of hydrogen-bond donors (Lipinski definition) is 2. The maximum atomic E-state index is 11.4. The standard InChI is InChI=1S/C15H24N4O2/c1-3-5-12-16-18-14(20)10-8-7-9-11-15(21)19-17-13-6-4-2/h3-6,12-13H,7-11H2,1-2H3,(H,18,20)(H,19,21). The van der Waals surface area contributed by atoms with Gasteiger partial charge in [-0.25, -0.2) is 10.9 Å². The fourth-order valence-corrected chi connectivity index (χ4v) is 1.34. The molecule has 0 bridgehead atoms. The fraction of sp³-hybridized carbons (Fsp3) is 0.467. The Labute approximate surface area is 126 Å². The summed E-state index contributed by atoms with van der Waals surface area (Å²) in [7, 11) is 0. The van der Waals surface area contributed by atoms with Crippen molar-refractivity contribution in [1.82, 2.24) is 10.9 Å². The molecule has 0 saturated heterocycles. The Morgan fingerprint density at radius 3 is 1.62 bits per heavy atom. The third-order valence-corrected chi connectivity index (χ3v) is 2.39. The van der Waals surface area contributed by atoms with Crippen molar-refractivity contribution in [3.8, 4) is 0 Å². The number of amides is 2. The Balaban J connectivity index is 3.54. The highest BCUT2D eigenvalue weighted by Gasteiger charge is 2.01. The van der Waals surface area contributed by atoms with Crippen LogP contribution in [0.3, 0.4) is 0 Å². The van der Waals surface area contributed by atoms with Crippen molar-refractivity contribution in [3.05, 3.63) is 24.3 Å². The second-order valence-electron chi connectivity index (χ2n) is 4.24. The average Bonchev–Trinajstić information content (AvgIpc) is 2.48. The summed E-state index contributed by atoms with van der Waals surface area (Å²) >= 11 is 0. The van der Waals surface area contributed by atoms with Gasteiger partial charge in [-0.3, -0.25) is 9.59 Å². The number of allylic oxidation sites excluding steroid dienone is 4. The Kier molecular flexibility index (Phi) is 12.7. The zero-order valence-corrected chi connectivity index (χ0v) is 12.7. The number of nitrogens with one attached hydrogen (secondary N) is 2. The number of hydrogen-bond acceptors (Lipinski definition) is 4. The van der Waals surface area contributed by atoms with Gasteiger partial charge in [-0.15, -0.1) is 0 Å². The second-order valence-corrected chi connectivity index (χ2v) is 4.24. The molecule has 0 aromatic carbocycles. The highest BCUT2D eigenvalue weighted by atomic mass is 16.2. The van der Waals surface area contributed by atoms with E-state index in [1.54, 1.807) is 12.2 Å². The van der Waals surface area contributed by atoms with Crippen LogP contribution in [-0.2, 0) is 9.59 Å². The number of rotatable bonds is 10. The van der Waals surface area contributed by atoms with Crippen molar-refractivity contribution < 1.29 is 9.59 Å². The molecule has 0 spiro atoms. The maximum Gasteiger partial charge on any atom is 0.240 e. The van der Waals surface area contributed by atoms with Gasteiger partial charge in [0, 0.05) is 25.3 Å². The van der Waals surface area contributed by atoms with Crippen molar-refractivity contribution in [2.75, 3.05) is 0 Å². The predicted octanol–water partition coefficient (Wildman–Crippen LogP) is 2.29. The normalized spacial score (nSPS) is 11.9. The van der Waals surface area contributed by atoms with Gasteiger partial charge in [-0.1, -0.05) is 18.6 Å². The molecule has 0 radical (unpaired) electrons. The molecule has 2 amide bonds. The minimum atomic E-state index is -0.115. The summed E-state index contributed by atoms with van der Waals surface area (Å²) in [4.78, 5) is 22.7. The van der Waals surface area contributed by atoms with E-state index in [1.807, 2.05) is 26.0 Å². The smallest absolute Gasteiger partial charge is 0.240 e. The van der Waals surface area contributed by atoms with Crippen LogP contribution in [0.1, 0.15) is 46.0 Å². The molecule has 0 heterocycles. The summed E-state index contributed by atoms with van der Waals surface area (Å²) in [6.45, 7) is 3.74. The lowest BCUT2D eigenvalue weighted by atomic mass is 10.1. The van der Waals surface area contributed by atoms with E-state index in [2.05, 4.69) is 21.1 Å². The van der Waals surface area contributed by atoms with Gasteiger partial charge in [0.1, 0.15) is 0 Å². The molecule has 2 N–H and O–H groups in total. The van der Waals surface area contributed by atoms with E-state index >= 15 is 0 Å². The van der Waals surface area contributed by atoms with E-state index in [1.165, 1.54) is 12.4 Å². The summed E-state index contributed by atoms with van der Waals surface area (Å²) < 4.78 is 0. The van der Waals surface area contributed by atoms with Gasteiger partial charge in [0.15, 0.2) is 0 Å². The van der Waals surface area contributed by atoms with Gasteiger partial charge >= 0.3 is 0 Å². The van der Waals surface area contributed by atoms with Crippen molar-refractivity contribution in [3.63, 3.8) is 0 Å². The average molecular weight is 292 g/mol. The zero-order chi connectivity index (χ0) is 15.8. The van der Waals surface area contributed by atoms with Gasteiger partial charge in [-0.2, -0.15) is 10.2 Å². The molecule has 116 valence electrons. The first-order valence-electron chi connectivity index (χ1n) is 7.07. The SMILES string of the molecule is CC=CC=NNC(=O)CCCCCC(=O)NN=CC=CC. The highest BCUT2D eigenvalue weighted by Crippen LogP contribution is 2.02. The summed E-state index contributed by atoms with van der Waals surface area (Å²) in [6.07, 6.45) is 13.3. The summed E-state index contributed by atoms with van der Waals surface area (Å²) in [5.41, 5.74) is 4.86. The Hall–Kier alpha value is -2.24. The van der Waals surface area contributed by atoms with Crippen LogP contribution < -0.4 is 10.9 Å². The lowest BCUT2D eigenvalue weighted by molar-refractivity contribution is -0.121. The number of carbonyl (C=O) groups excluding carboxylic acids is 2. The van der Waals surface area contributed by atoms with Gasteiger partial charge in [-0.05, 0) is 38.8 Å². The summed E-state index contributed by atoms with van der Waals surface area (Å²) in [6, 6.07) is 0. The molecule has 0 atom stereocenters. The van der Waals surface area contributed by atoms with Gasteiger partial charge < -0.3 is 0 Å². The van der Waals surface area contributed by atoms with Crippen molar-refractivity contribution >= 4 is 24.2 Å². The minimum absolute atomic E-state index is 0.115. The van der Waals surface area contributed by atoms with E-state index in [-0.39, 0.29) is 11.8 Å². The van der Waals surface area contributed by atoms with Crippen molar-refractivity contribution in [2.24, 2.45) is 10.2 Å². The maximum absolute atomic E-state index is 11.4. The quantitative estimate of drug-likeness (QED) is 0.368. The molecule has 6 nitrogen and oxygen atoms in total. The van der Waals surface area contributed by atoms with E-state index < -0.39 is 0 Å². The van der Waals surface area contributed by atoms with E-state index in [9.17, 15) is 9.59 Å². The van der Waals surface area contributed by atoms with Crippen LogP contribution in [0.25, 0.3) is 0 Å². The predicted molar refractivity (Wildman–Crippen MR) is 86.0 cm³/mol. The number of nitrogens with zero attached hydrogens (tertiary/aromatic N) is 2.